The lowest BCUT2D eigenvalue weighted by Crippen LogP contribution is -2.21. The standard InChI is InChI=1S/C22H21NO3/c1-25-19-12-8-16(9-13-19)21(22(24)17-6-4-3-5-7-17)23-18-10-14-20(26-2)15-11-18/h3-15,21,23H,1-2H3. The SMILES string of the molecule is COc1ccc(NC(C(=O)c2ccccc2)c2ccc(OC)cc2)cc1. The second-order valence-corrected chi connectivity index (χ2v) is 5.81. The third-order valence-corrected chi connectivity index (χ3v) is 4.17. The summed E-state index contributed by atoms with van der Waals surface area (Å²) >= 11 is 0. The van der Waals surface area contributed by atoms with E-state index in [9.17, 15) is 4.79 Å². The van der Waals surface area contributed by atoms with Gasteiger partial charge < -0.3 is 14.8 Å². The van der Waals surface area contributed by atoms with E-state index in [1.807, 2.05) is 78.9 Å². The van der Waals surface area contributed by atoms with Crippen molar-refractivity contribution in [3.63, 3.8) is 0 Å². The Labute approximate surface area is 153 Å². The van der Waals surface area contributed by atoms with Crippen LogP contribution in [0.25, 0.3) is 0 Å². The van der Waals surface area contributed by atoms with Crippen LogP contribution < -0.4 is 14.8 Å². The molecule has 0 aliphatic rings. The third-order valence-electron chi connectivity index (χ3n) is 4.17. The van der Waals surface area contributed by atoms with Gasteiger partial charge in [-0.15, -0.1) is 0 Å². The highest BCUT2D eigenvalue weighted by atomic mass is 16.5. The zero-order valence-corrected chi connectivity index (χ0v) is 14.8. The molecule has 0 aromatic heterocycles. The average molecular weight is 347 g/mol. The van der Waals surface area contributed by atoms with Gasteiger partial charge in [0.15, 0.2) is 5.78 Å². The first-order valence-corrected chi connectivity index (χ1v) is 8.35. The summed E-state index contributed by atoms with van der Waals surface area (Å²) < 4.78 is 10.4. The van der Waals surface area contributed by atoms with Gasteiger partial charge in [0.05, 0.1) is 14.2 Å². The Kier molecular flexibility index (Phi) is 5.54. The quantitative estimate of drug-likeness (QED) is 0.627. The van der Waals surface area contributed by atoms with Gasteiger partial charge in [0.2, 0.25) is 0 Å². The van der Waals surface area contributed by atoms with E-state index >= 15 is 0 Å². The molecule has 0 radical (unpaired) electrons. The van der Waals surface area contributed by atoms with Gasteiger partial charge in [-0.1, -0.05) is 42.5 Å². The Morgan fingerprint density at radius 3 is 1.85 bits per heavy atom. The summed E-state index contributed by atoms with van der Waals surface area (Å²) in [7, 11) is 3.25. The number of anilines is 1. The minimum atomic E-state index is -0.503. The molecule has 0 bridgehead atoms. The van der Waals surface area contributed by atoms with Crippen LogP contribution in [0.4, 0.5) is 5.69 Å². The van der Waals surface area contributed by atoms with Crippen molar-refractivity contribution in [2.75, 3.05) is 19.5 Å². The van der Waals surface area contributed by atoms with Crippen molar-refractivity contribution in [1.29, 1.82) is 0 Å². The Morgan fingerprint density at radius 2 is 1.31 bits per heavy atom. The van der Waals surface area contributed by atoms with Gasteiger partial charge in [-0.25, -0.2) is 0 Å². The fourth-order valence-corrected chi connectivity index (χ4v) is 2.72. The predicted molar refractivity (Wildman–Crippen MR) is 103 cm³/mol. The largest absolute Gasteiger partial charge is 0.497 e. The van der Waals surface area contributed by atoms with Crippen LogP contribution in [-0.2, 0) is 0 Å². The molecule has 0 heterocycles. The maximum absolute atomic E-state index is 13.1. The molecule has 0 saturated heterocycles. The average Bonchev–Trinajstić information content (AvgIpc) is 2.73. The number of nitrogens with one attached hydrogen (secondary N) is 1. The highest BCUT2D eigenvalue weighted by Gasteiger charge is 2.22. The number of ketones is 1. The maximum Gasteiger partial charge on any atom is 0.189 e. The number of carbonyl (C=O) groups is 1. The van der Waals surface area contributed by atoms with E-state index in [1.165, 1.54) is 0 Å². The van der Waals surface area contributed by atoms with E-state index in [0.29, 0.717) is 5.56 Å². The van der Waals surface area contributed by atoms with Gasteiger partial charge in [0.1, 0.15) is 17.5 Å². The number of hydrogen-bond donors (Lipinski definition) is 1. The van der Waals surface area contributed by atoms with E-state index in [-0.39, 0.29) is 5.78 Å². The number of ether oxygens (including phenoxy) is 2. The van der Waals surface area contributed by atoms with Crippen molar-refractivity contribution < 1.29 is 14.3 Å². The maximum atomic E-state index is 13.1. The summed E-state index contributed by atoms with van der Waals surface area (Å²) in [6, 6.07) is 23.8. The van der Waals surface area contributed by atoms with Gasteiger partial charge in [-0.05, 0) is 42.0 Å². The van der Waals surface area contributed by atoms with Crippen LogP contribution in [-0.4, -0.2) is 20.0 Å². The first kappa shape index (κ1) is 17.5. The summed E-state index contributed by atoms with van der Waals surface area (Å²) in [6.45, 7) is 0. The van der Waals surface area contributed by atoms with Crippen molar-refractivity contribution in [2.24, 2.45) is 0 Å². The van der Waals surface area contributed by atoms with Crippen LogP contribution in [0.15, 0.2) is 78.9 Å². The van der Waals surface area contributed by atoms with Crippen LogP contribution in [0.5, 0.6) is 11.5 Å². The lowest BCUT2D eigenvalue weighted by atomic mass is 9.97. The molecule has 0 amide bonds. The zero-order chi connectivity index (χ0) is 18.4. The second-order valence-electron chi connectivity index (χ2n) is 5.81. The van der Waals surface area contributed by atoms with Gasteiger partial charge in [-0.3, -0.25) is 4.79 Å². The zero-order valence-electron chi connectivity index (χ0n) is 14.8. The molecule has 0 aliphatic heterocycles. The Hall–Kier alpha value is -3.27. The Balaban J connectivity index is 1.92. The fourth-order valence-electron chi connectivity index (χ4n) is 2.72. The highest BCUT2D eigenvalue weighted by molar-refractivity contribution is 6.02. The molecule has 0 fully saturated rings. The molecular formula is C22H21NO3. The molecule has 4 nitrogen and oxygen atoms in total. The van der Waals surface area contributed by atoms with Crippen molar-refractivity contribution in [3.05, 3.63) is 90.0 Å². The molecule has 1 atom stereocenters. The van der Waals surface area contributed by atoms with Crippen LogP contribution in [0.1, 0.15) is 22.0 Å². The molecule has 26 heavy (non-hydrogen) atoms. The van der Waals surface area contributed by atoms with Crippen LogP contribution in [0, 0.1) is 0 Å². The number of rotatable bonds is 7. The molecule has 1 N–H and O–H groups in total. The van der Waals surface area contributed by atoms with E-state index in [1.54, 1.807) is 14.2 Å². The van der Waals surface area contributed by atoms with Gasteiger partial charge in [-0.2, -0.15) is 0 Å². The molecule has 4 heteroatoms. The van der Waals surface area contributed by atoms with Crippen molar-refractivity contribution in [1.82, 2.24) is 0 Å². The van der Waals surface area contributed by atoms with E-state index in [0.717, 1.165) is 22.7 Å². The van der Waals surface area contributed by atoms with Crippen LogP contribution in [0.2, 0.25) is 0 Å². The summed E-state index contributed by atoms with van der Waals surface area (Å²) in [5.74, 6) is 1.53. The Bertz CT molecular complexity index is 843. The second kappa shape index (κ2) is 8.21. The number of benzene rings is 3. The van der Waals surface area contributed by atoms with Crippen molar-refractivity contribution in [3.8, 4) is 11.5 Å². The van der Waals surface area contributed by atoms with E-state index in [2.05, 4.69) is 5.32 Å². The minimum absolute atomic E-state index is 0.00610. The molecule has 0 aliphatic carbocycles. The molecule has 132 valence electrons. The van der Waals surface area contributed by atoms with E-state index < -0.39 is 6.04 Å². The number of Topliss-reactive ketones (excluding diaryl/α,β-unsaturated/α-hetero) is 1. The van der Waals surface area contributed by atoms with Crippen LogP contribution in [0.3, 0.4) is 0 Å². The molecule has 0 spiro atoms. The normalized spacial score (nSPS) is 11.5. The molecule has 1 unspecified atom stereocenters. The fraction of sp³-hybridized carbons (Fsp3) is 0.136. The lowest BCUT2D eigenvalue weighted by molar-refractivity contribution is 0.0969. The first-order valence-electron chi connectivity index (χ1n) is 8.35. The van der Waals surface area contributed by atoms with Crippen LogP contribution >= 0.6 is 0 Å². The van der Waals surface area contributed by atoms with Gasteiger partial charge in [0.25, 0.3) is 0 Å². The number of methoxy groups -OCH3 is 2. The summed E-state index contributed by atoms with van der Waals surface area (Å²) in [6.07, 6.45) is 0. The first-order chi connectivity index (χ1) is 12.7. The van der Waals surface area contributed by atoms with Crippen molar-refractivity contribution >= 4 is 11.5 Å². The predicted octanol–water partition coefficient (Wildman–Crippen LogP) is 4.74. The molecular weight excluding hydrogens is 326 g/mol. The minimum Gasteiger partial charge on any atom is -0.497 e. The van der Waals surface area contributed by atoms with Gasteiger partial charge in [0, 0.05) is 11.3 Å². The monoisotopic (exact) mass is 347 g/mol. The summed E-state index contributed by atoms with van der Waals surface area (Å²) in [5, 5.41) is 3.34. The molecule has 3 aromatic rings. The topological polar surface area (TPSA) is 47.6 Å². The molecule has 3 rings (SSSR count). The van der Waals surface area contributed by atoms with Crippen molar-refractivity contribution in [2.45, 2.75) is 6.04 Å². The van der Waals surface area contributed by atoms with Gasteiger partial charge >= 0.3 is 0 Å². The molecule has 3 aromatic carbocycles. The Morgan fingerprint density at radius 1 is 0.769 bits per heavy atom. The highest BCUT2D eigenvalue weighted by Crippen LogP contribution is 2.26. The summed E-state index contributed by atoms with van der Waals surface area (Å²) in [5.41, 5.74) is 2.38. The molecule has 0 saturated carbocycles. The third kappa shape index (κ3) is 4.03. The summed E-state index contributed by atoms with van der Waals surface area (Å²) in [4.78, 5) is 13.1. The smallest absolute Gasteiger partial charge is 0.189 e. The van der Waals surface area contributed by atoms with E-state index in [4.69, 9.17) is 9.47 Å². The number of carbonyl (C=O) groups excluding carboxylic acids is 1. The number of hydrogen-bond acceptors (Lipinski definition) is 4. The lowest BCUT2D eigenvalue weighted by Gasteiger charge is -2.20.